The molecule has 2 amide bonds. The van der Waals surface area contributed by atoms with Crippen LogP contribution in [0.15, 0.2) is 12.7 Å². The Morgan fingerprint density at radius 2 is 2.15 bits per heavy atom. The highest BCUT2D eigenvalue weighted by Crippen LogP contribution is 2.26. The molecule has 0 bridgehead atoms. The highest BCUT2D eigenvalue weighted by molar-refractivity contribution is 5.78. The van der Waals surface area contributed by atoms with Crippen LogP contribution >= 0.6 is 0 Å². The van der Waals surface area contributed by atoms with Crippen molar-refractivity contribution >= 4 is 6.03 Å². The molecule has 1 aliphatic rings. The smallest absolute Gasteiger partial charge is 0.320 e. The molecule has 0 spiro atoms. The summed E-state index contributed by atoms with van der Waals surface area (Å²) in [6, 6.07) is 0.132. The van der Waals surface area contributed by atoms with Crippen LogP contribution in [0.2, 0.25) is 0 Å². The largest absolute Gasteiger partial charge is 0.322 e. The topological polar surface area (TPSA) is 23.6 Å². The van der Waals surface area contributed by atoms with Gasteiger partial charge >= 0.3 is 6.03 Å². The number of urea groups is 1. The Morgan fingerprint density at radius 1 is 1.54 bits per heavy atom. The van der Waals surface area contributed by atoms with E-state index in [2.05, 4.69) is 13.5 Å². The Bertz CT molecular complexity index is 227. The summed E-state index contributed by atoms with van der Waals surface area (Å²) in [5, 5.41) is 0. The quantitative estimate of drug-likeness (QED) is 0.609. The van der Waals surface area contributed by atoms with E-state index in [1.165, 1.54) is 0 Å². The summed E-state index contributed by atoms with van der Waals surface area (Å²) in [6.45, 7) is 12.1. The van der Waals surface area contributed by atoms with E-state index in [4.69, 9.17) is 0 Å². The van der Waals surface area contributed by atoms with Gasteiger partial charge in [-0.3, -0.25) is 0 Å². The van der Waals surface area contributed by atoms with Crippen molar-refractivity contribution in [1.29, 1.82) is 0 Å². The zero-order valence-electron chi connectivity index (χ0n) is 8.71. The van der Waals surface area contributed by atoms with E-state index in [1.807, 2.05) is 29.7 Å². The van der Waals surface area contributed by atoms with Crippen LogP contribution in [0.25, 0.3) is 0 Å². The molecule has 1 aliphatic heterocycles. The average molecular weight is 182 g/mol. The molecule has 0 N–H and O–H groups in total. The first-order chi connectivity index (χ1) is 6.09. The molecule has 74 valence electrons. The number of nitrogens with zero attached hydrogens (tertiary/aromatic N) is 2. The monoisotopic (exact) mass is 182 g/mol. The second-order valence-electron chi connectivity index (χ2n) is 3.60. The van der Waals surface area contributed by atoms with E-state index in [0.29, 0.717) is 0 Å². The summed E-state index contributed by atoms with van der Waals surface area (Å²) in [5.74, 6) is 0. The van der Waals surface area contributed by atoms with Crippen molar-refractivity contribution in [3.8, 4) is 0 Å². The first kappa shape index (κ1) is 10.1. The van der Waals surface area contributed by atoms with Crippen molar-refractivity contribution in [2.24, 2.45) is 0 Å². The molecule has 3 nitrogen and oxygen atoms in total. The fourth-order valence-corrected chi connectivity index (χ4v) is 1.85. The maximum Gasteiger partial charge on any atom is 0.320 e. The van der Waals surface area contributed by atoms with Gasteiger partial charge in [-0.2, -0.15) is 0 Å². The molecular formula is C10H18N2O. The van der Waals surface area contributed by atoms with Crippen molar-refractivity contribution in [3.05, 3.63) is 12.7 Å². The fourth-order valence-electron chi connectivity index (χ4n) is 1.85. The minimum absolute atomic E-state index is 0.132. The lowest BCUT2D eigenvalue weighted by Gasteiger charge is -2.28. The minimum atomic E-state index is -0.179. The van der Waals surface area contributed by atoms with Gasteiger partial charge < -0.3 is 9.80 Å². The van der Waals surface area contributed by atoms with Crippen LogP contribution in [0.3, 0.4) is 0 Å². The molecule has 13 heavy (non-hydrogen) atoms. The van der Waals surface area contributed by atoms with E-state index < -0.39 is 0 Å². The SMILES string of the molecule is C=CC1(C)CN(CC)C(=O)N1CC. The van der Waals surface area contributed by atoms with Crippen molar-refractivity contribution in [2.75, 3.05) is 19.6 Å². The molecule has 1 fully saturated rings. The van der Waals surface area contributed by atoms with Crippen LogP contribution in [-0.4, -0.2) is 41.0 Å². The Labute approximate surface area is 80.0 Å². The molecule has 1 heterocycles. The predicted octanol–water partition coefficient (Wildman–Crippen LogP) is 1.71. The van der Waals surface area contributed by atoms with E-state index in [9.17, 15) is 4.79 Å². The average Bonchev–Trinajstić information content (AvgIpc) is 2.39. The molecule has 1 saturated heterocycles. The molecule has 1 rings (SSSR count). The van der Waals surface area contributed by atoms with Crippen LogP contribution in [0.4, 0.5) is 4.79 Å². The molecule has 0 aromatic heterocycles. The van der Waals surface area contributed by atoms with Gasteiger partial charge in [0.2, 0.25) is 0 Å². The van der Waals surface area contributed by atoms with Gasteiger partial charge in [-0.15, -0.1) is 6.58 Å². The molecule has 0 aromatic rings. The standard InChI is InChI=1S/C10H18N2O/c1-5-10(4)8-11(6-2)9(13)12(10)7-3/h5H,1,6-8H2,2-4H3. The Hall–Kier alpha value is -0.990. The summed E-state index contributed by atoms with van der Waals surface area (Å²) in [5.41, 5.74) is -0.179. The summed E-state index contributed by atoms with van der Waals surface area (Å²) in [4.78, 5) is 15.5. The van der Waals surface area contributed by atoms with E-state index >= 15 is 0 Å². The van der Waals surface area contributed by atoms with Gasteiger partial charge in [0.25, 0.3) is 0 Å². The van der Waals surface area contributed by atoms with Crippen LogP contribution in [0, 0.1) is 0 Å². The highest BCUT2D eigenvalue weighted by atomic mass is 16.2. The number of hydrogen-bond acceptors (Lipinski definition) is 1. The van der Waals surface area contributed by atoms with Gasteiger partial charge in [-0.25, -0.2) is 4.79 Å². The molecule has 3 heteroatoms. The fraction of sp³-hybridized carbons (Fsp3) is 0.700. The second-order valence-corrected chi connectivity index (χ2v) is 3.60. The third-order valence-corrected chi connectivity index (χ3v) is 2.77. The zero-order chi connectivity index (χ0) is 10.1. The van der Waals surface area contributed by atoms with Crippen molar-refractivity contribution in [1.82, 2.24) is 9.80 Å². The third-order valence-electron chi connectivity index (χ3n) is 2.77. The Balaban J connectivity index is 2.91. The van der Waals surface area contributed by atoms with Gasteiger partial charge in [0.1, 0.15) is 0 Å². The first-order valence-corrected chi connectivity index (χ1v) is 4.79. The minimum Gasteiger partial charge on any atom is -0.322 e. The first-order valence-electron chi connectivity index (χ1n) is 4.79. The molecule has 0 aromatic carbocycles. The van der Waals surface area contributed by atoms with Gasteiger partial charge in [0.05, 0.1) is 5.54 Å². The van der Waals surface area contributed by atoms with Crippen LogP contribution in [-0.2, 0) is 0 Å². The number of likely N-dealkylation sites (N-methyl/N-ethyl adjacent to an activating group) is 2. The van der Waals surface area contributed by atoms with E-state index in [1.54, 1.807) is 0 Å². The van der Waals surface area contributed by atoms with E-state index in [0.717, 1.165) is 19.6 Å². The molecular weight excluding hydrogens is 164 g/mol. The number of hydrogen-bond donors (Lipinski definition) is 0. The van der Waals surface area contributed by atoms with E-state index in [-0.39, 0.29) is 11.6 Å². The highest BCUT2D eigenvalue weighted by Gasteiger charge is 2.42. The van der Waals surface area contributed by atoms with Gasteiger partial charge in [-0.05, 0) is 20.8 Å². The molecule has 1 atom stereocenters. The molecule has 0 radical (unpaired) electrons. The van der Waals surface area contributed by atoms with Crippen LogP contribution < -0.4 is 0 Å². The summed E-state index contributed by atoms with van der Waals surface area (Å²) in [7, 11) is 0. The third kappa shape index (κ3) is 1.43. The Morgan fingerprint density at radius 3 is 2.46 bits per heavy atom. The summed E-state index contributed by atoms with van der Waals surface area (Å²) in [6.07, 6.45) is 1.87. The van der Waals surface area contributed by atoms with Gasteiger partial charge in [0.15, 0.2) is 0 Å². The van der Waals surface area contributed by atoms with Crippen molar-refractivity contribution < 1.29 is 4.79 Å². The predicted molar refractivity (Wildman–Crippen MR) is 53.6 cm³/mol. The summed E-state index contributed by atoms with van der Waals surface area (Å²) >= 11 is 0. The van der Waals surface area contributed by atoms with Crippen molar-refractivity contribution in [3.63, 3.8) is 0 Å². The van der Waals surface area contributed by atoms with Gasteiger partial charge in [0, 0.05) is 19.6 Å². The van der Waals surface area contributed by atoms with Crippen molar-refractivity contribution in [2.45, 2.75) is 26.3 Å². The number of amides is 2. The number of carbonyl (C=O) groups is 1. The lowest BCUT2D eigenvalue weighted by atomic mass is 10.0. The normalized spacial score (nSPS) is 28.4. The zero-order valence-corrected chi connectivity index (χ0v) is 8.71. The molecule has 0 saturated carbocycles. The second kappa shape index (κ2) is 3.40. The molecule has 0 aliphatic carbocycles. The lowest BCUT2D eigenvalue weighted by molar-refractivity contribution is 0.183. The molecule has 1 unspecified atom stereocenters. The Kier molecular flexibility index (Phi) is 2.64. The summed E-state index contributed by atoms with van der Waals surface area (Å²) < 4.78 is 0. The van der Waals surface area contributed by atoms with Gasteiger partial charge in [-0.1, -0.05) is 6.08 Å². The van der Waals surface area contributed by atoms with Crippen LogP contribution in [0.5, 0.6) is 0 Å². The van der Waals surface area contributed by atoms with Crippen LogP contribution in [0.1, 0.15) is 20.8 Å². The number of carbonyl (C=O) groups excluding carboxylic acids is 1. The maximum absolute atomic E-state index is 11.7. The maximum atomic E-state index is 11.7. The lowest BCUT2D eigenvalue weighted by Crippen LogP contribution is -2.42. The number of rotatable bonds is 3.